The fourth-order valence-electron chi connectivity index (χ4n) is 5.68. The van der Waals surface area contributed by atoms with Gasteiger partial charge in [0.15, 0.2) is 18.7 Å². The highest BCUT2D eigenvalue weighted by Gasteiger charge is 2.51. The Morgan fingerprint density at radius 3 is 2.36 bits per heavy atom. The molecule has 3 fully saturated rings. The third kappa shape index (κ3) is 8.89. The van der Waals surface area contributed by atoms with Crippen molar-refractivity contribution in [2.45, 2.75) is 131 Å². The molecule has 0 aromatic heterocycles. The first-order valence-electron chi connectivity index (χ1n) is 15.1. The quantitative estimate of drug-likeness (QED) is 0.0843. The van der Waals surface area contributed by atoms with E-state index in [1.807, 2.05) is 0 Å². The number of ether oxygens (including phenoxy) is 4. The lowest BCUT2D eigenvalue weighted by Gasteiger charge is -2.48. The van der Waals surface area contributed by atoms with Gasteiger partial charge < -0.3 is 83.2 Å². The largest absolute Gasteiger partial charge is 0.389 e. The summed E-state index contributed by atoms with van der Waals surface area (Å²) >= 11 is 0. The van der Waals surface area contributed by atoms with Crippen LogP contribution in [0.2, 0.25) is 0 Å². The van der Waals surface area contributed by atoms with Gasteiger partial charge in [-0.15, -0.1) is 0 Å². The Bertz CT molecular complexity index is 950. The van der Waals surface area contributed by atoms with E-state index in [1.165, 1.54) is 6.92 Å². The summed E-state index contributed by atoms with van der Waals surface area (Å²) in [6.07, 6.45) is -11.3. The Hall–Kier alpha value is -1.42. The van der Waals surface area contributed by atoms with E-state index in [0.717, 1.165) is 0 Å². The number of nitrogens with two attached hydrogens (primary N) is 4. The van der Waals surface area contributed by atoms with E-state index in [2.05, 4.69) is 5.32 Å². The van der Waals surface area contributed by atoms with Crippen LogP contribution < -0.4 is 28.3 Å². The maximum atomic E-state index is 12.9. The van der Waals surface area contributed by atoms with Crippen molar-refractivity contribution in [3.05, 3.63) is 0 Å². The van der Waals surface area contributed by atoms with Crippen molar-refractivity contribution in [3.63, 3.8) is 0 Å². The Kier molecular flexibility index (Phi) is 13.4. The van der Waals surface area contributed by atoms with Crippen molar-refractivity contribution < 1.29 is 54.4 Å². The van der Waals surface area contributed by atoms with Gasteiger partial charge in [0.25, 0.3) is 5.91 Å². The van der Waals surface area contributed by atoms with Gasteiger partial charge in [-0.1, -0.05) is 6.92 Å². The maximum absolute atomic E-state index is 12.9. The van der Waals surface area contributed by atoms with Gasteiger partial charge in [0.2, 0.25) is 0 Å². The highest BCUT2D eigenvalue weighted by Crippen LogP contribution is 2.34. The first-order chi connectivity index (χ1) is 20.6. The van der Waals surface area contributed by atoms with Crippen LogP contribution in [0.4, 0.5) is 0 Å². The van der Waals surface area contributed by atoms with Crippen molar-refractivity contribution in [2.24, 2.45) is 28.9 Å². The van der Waals surface area contributed by atoms with Crippen LogP contribution in [0.1, 0.15) is 46.0 Å². The Labute approximate surface area is 256 Å². The molecule has 2 heterocycles. The first-order valence-corrected chi connectivity index (χ1v) is 15.1. The molecule has 0 bridgehead atoms. The number of nitrogens with one attached hydrogen (secondary N) is 2. The maximum Gasteiger partial charge on any atom is 0.251 e. The van der Waals surface area contributed by atoms with Crippen LogP contribution in [-0.4, -0.2) is 147 Å². The van der Waals surface area contributed by atoms with Gasteiger partial charge in [-0.25, -0.2) is 0 Å². The number of hydrogen-bond donors (Lipinski definition) is 12. The second-order valence-corrected chi connectivity index (χ2v) is 12.5. The van der Waals surface area contributed by atoms with Gasteiger partial charge in [-0.05, 0) is 39.0 Å². The smallest absolute Gasteiger partial charge is 0.251 e. The van der Waals surface area contributed by atoms with E-state index in [-0.39, 0.29) is 25.7 Å². The standard InChI is InChI=1S/C27H52N6O11/c1-11-18(35)26(41-10-27(11,2)40)44-23-16(33-24(39)20(37)19(36)17(34)9-29)7-15(32)22(21(23)38)43-25-14(31)6-5-13(42-25)4-3-12(30)8-28/h11,13-23,25-26,30,34-38,40H,3-10,28-29,31-32H2,1-2H3,(H,33,39)/t11-,13-,14?,15+,16-,17+,18?,19+,20+,21?,22?,23?,25-,26-,27?/m1/s1. The van der Waals surface area contributed by atoms with E-state index in [0.29, 0.717) is 31.4 Å². The van der Waals surface area contributed by atoms with Crippen molar-refractivity contribution in [3.8, 4) is 0 Å². The number of aliphatic hydroxyl groups excluding tert-OH is 5. The second kappa shape index (κ2) is 15.9. The molecule has 16 N–H and O–H groups in total. The van der Waals surface area contributed by atoms with Crippen LogP contribution in [-0.2, 0) is 23.7 Å². The van der Waals surface area contributed by atoms with E-state index < -0.39 is 97.4 Å². The molecule has 17 nitrogen and oxygen atoms in total. The minimum absolute atomic E-state index is 0.0600. The average molecular weight is 637 g/mol. The summed E-state index contributed by atoms with van der Waals surface area (Å²) in [7, 11) is 0. The molecule has 1 aliphatic carbocycles. The van der Waals surface area contributed by atoms with Crippen molar-refractivity contribution >= 4 is 11.6 Å². The molecule has 1 amide bonds. The molecule has 44 heavy (non-hydrogen) atoms. The summed E-state index contributed by atoms with van der Waals surface area (Å²) in [6.45, 7) is 2.65. The highest BCUT2D eigenvalue weighted by molar-refractivity contribution is 5.83. The lowest BCUT2D eigenvalue weighted by atomic mass is 9.82. The van der Waals surface area contributed by atoms with Gasteiger partial charge in [-0.3, -0.25) is 4.79 Å². The van der Waals surface area contributed by atoms with Crippen molar-refractivity contribution in [1.29, 1.82) is 5.41 Å². The Morgan fingerprint density at radius 1 is 1.07 bits per heavy atom. The first kappa shape index (κ1) is 37.0. The third-order valence-corrected chi connectivity index (χ3v) is 8.98. The molecular weight excluding hydrogens is 584 g/mol. The number of rotatable bonds is 13. The minimum Gasteiger partial charge on any atom is -0.389 e. The van der Waals surface area contributed by atoms with Crippen LogP contribution in [0.25, 0.3) is 0 Å². The zero-order valence-electron chi connectivity index (χ0n) is 25.3. The van der Waals surface area contributed by atoms with Crippen LogP contribution in [0.15, 0.2) is 0 Å². The van der Waals surface area contributed by atoms with Crippen LogP contribution in [0, 0.1) is 11.3 Å². The summed E-state index contributed by atoms with van der Waals surface area (Å²) < 4.78 is 23.8. The van der Waals surface area contributed by atoms with Gasteiger partial charge in [0.1, 0.15) is 30.5 Å². The fraction of sp³-hybridized carbons (Fsp3) is 0.926. The summed E-state index contributed by atoms with van der Waals surface area (Å²) in [6, 6.07) is -2.55. The SMILES string of the molecule is C[C@@H]1C(O)[C@@H](OC2C(O)C(O[C@H]3O[C@H](CCC(=N)CN)CCC3N)[C@@H](N)C[C@H]2NC(=O)[C@@H](O)[C@@H](O)[C@@H](O)CN)OCC1(C)O. The predicted molar refractivity (Wildman–Crippen MR) is 155 cm³/mol. The number of hydrogen-bond acceptors (Lipinski definition) is 16. The van der Waals surface area contributed by atoms with E-state index in [4.69, 9.17) is 47.3 Å². The van der Waals surface area contributed by atoms with Gasteiger partial charge >= 0.3 is 0 Å². The molecule has 0 aromatic carbocycles. The number of amides is 1. The molecule has 0 spiro atoms. The molecule has 17 heteroatoms. The Morgan fingerprint density at radius 2 is 1.73 bits per heavy atom. The lowest BCUT2D eigenvalue weighted by Crippen LogP contribution is -2.68. The second-order valence-electron chi connectivity index (χ2n) is 12.5. The molecule has 1 saturated carbocycles. The molecule has 256 valence electrons. The lowest BCUT2D eigenvalue weighted by molar-refractivity contribution is -0.314. The molecule has 0 radical (unpaired) electrons. The summed E-state index contributed by atoms with van der Waals surface area (Å²) in [5, 5.41) is 73.4. The highest BCUT2D eigenvalue weighted by atomic mass is 16.7. The molecule has 3 rings (SSSR count). The Balaban J connectivity index is 1.79. The molecule has 6 unspecified atom stereocenters. The molecule has 2 aliphatic heterocycles. The van der Waals surface area contributed by atoms with E-state index in [9.17, 15) is 35.4 Å². The van der Waals surface area contributed by atoms with E-state index in [1.54, 1.807) is 6.92 Å². The third-order valence-electron chi connectivity index (χ3n) is 8.98. The number of carbonyl (C=O) groups excluding carboxylic acids is 1. The normalized spacial score (nSPS) is 41.9. The predicted octanol–water partition coefficient (Wildman–Crippen LogP) is -4.93. The fourth-order valence-corrected chi connectivity index (χ4v) is 5.68. The summed E-state index contributed by atoms with van der Waals surface area (Å²) in [4.78, 5) is 12.9. The molecular formula is C27H52N6O11. The number of carbonyl (C=O) groups is 1. The van der Waals surface area contributed by atoms with Gasteiger partial charge in [0, 0.05) is 30.8 Å². The van der Waals surface area contributed by atoms with Crippen molar-refractivity contribution in [2.75, 3.05) is 19.7 Å². The molecule has 0 aromatic rings. The zero-order chi connectivity index (χ0) is 32.9. The van der Waals surface area contributed by atoms with Gasteiger partial charge in [-0.2, -0.15) is 0 Å². The van der Waals surface area contributed by atoms with Gasteiger partial charge in [0.05, 0.1) is 36.5 Å². The monoisotopic (exact) mass is 636 g/mol. The zero-order valence-corrected chi connectivity index (χ0v) is 25.3. The van der Waals surface area contributed by atoms with E-state index >= 15 is 0 Å². The minimum atomic E-state index is -2.07. The van der Waals surface area contributed by atoms with Crippen LogP contribution in [0.5, 0.6) is 0 Å². The molecule has 3 aliphatic rings. The average Bonchev–Trinajstić information content (AvgIpc) is 2.99. The number of aliphatic hydroxyl groups is 6. The summed E-state index contributed by atoms with van der Waals surface area (Å²) in [5.74, 6) is -1.78. The molecule has 2 saturated heterocycles. The summed E-state index contributed by atoms with van der Waals surface area (Å²) in [5.41, 5.74) is 22.6. The van der Waals surface area contributed by atoms with Crippen LogP contribution in [0.3, 0.4) is 0 Å². The van der Waals surface area contributed by atoms with Crippen molar-refractivity contribution in [1.82, 2.24) is 5.32 Å². The topological polar surface area (TPSA) is 315 Å². The molecule has 15 atom stereocenters. The van der Waals surface area contributed by atoms with Crippen LogP contribution >= 0.6 is 0 Å².